The third-order valence-electron chi connectivity index (χ3n) is 3.46. The summed E-state index contributed by atoms with van der Waals surface area (Å²) in [6, 6.07) is 3.18. The summed E-state index contributed by atoms with van der Waals surface area (Å²) in [7, 11) is 0. The van der Waals surface area contributed by atoms with Gasteiger partial charge in [0.1, 0.15) is 12.7 Å². The number of rotatable bonds is 4. The Morgan fingerprint density at radius 2 is 1.96 bits per heavy atom. The maximum Gasteiger partial charge on any atom is 0.319 e. The fourth-order valence-corrected chi connectivity index (χ4v) is 2.33. The van der Waals surface area contributed by atoms with Gasteiger partial charge in [-0.15, -0.1) is 20.4 Å². The first kappa shape index (κ1) is 14.9. The largest absolute Gasteiger partial charge is 0.328 e. The van der Waals surface area contributed by atoms with Crippen molar-refractivity contribution in [3.63, 3.8) is 0 Å². The van der Waals surface area contributed by atoms with E-state index in [1.807, 2.05) is 37.6 Å². The quantitative estimate of drug-likeness (QED) is 0.764. The topological polar surface area (TPSA) is 102 Å². The molecule has 0 saturated carbocycles. The highest BCUT2D eigenvalue weighted by Crippen LogP contribution is 2.16. The predicted molar refractivity (Wildman–Crippen MR) is 84.0 cm³/mol. The summed E-state index contributed by atoms with van der Waals surface area (Å²) in [6.07, 6.45) is 5.05. The molecular weight excluding hydrogens is 296 g/mol. The molecule has 3 aromatic rings. The number of aromatic nitrogens is 6. The molecule has 0 aliphatic rings. The van der Waals surface area contributed by atoms with Crippen LogP contribution < -0.4 is 10.6 Å². The molecule has 2 N–H and O–H groups in total. The van der Waals surface area contributed by atoms with Crippen LogP contribution in [0, 0.1) is 0 Å². The Morgan fingerprint density at radius 3 is 2.74 bits per heavy atom. The van der Waals surface area contributed by atoms with Crippen LogP contribution in [-0.4, -0.2) is 35.4 Å². The lowest BCUT2D eigenvalue weighted by molar-refractivity contribution is 0.248. The van der Waals surface area contributed by atoms with E-state index in [0.717, 1.165) is 0 Å². The minimum Gasteiger partial charge on any atom is -0.328 e. The van der Waals surface area contributed by atoms with E-state index in [2.05, 4.69) is 31.0 Å². The van der Waals surface area contributed by atoms with Gasteiger partial charge in [0, 0.05) is 12.2 Å². The summed E-state index contributed by atoms with van der Waals surface area (Å²) in [5.74, 6) is 0.704. The molecule has 0 aliphatic heterocycles. The van der Waals surface area contributed by atoms with Crippen LogP contribution in [0.1, 0.15) is 38.7 Å². The van der Waals surface area contributed by atoms with Gasteiger partial charge < -0.3 is 15.2 Å². The average Bonchev–Trinajstić information content (AvgIpc) is 3.16. The Labute approximate surface area is 132 Å². The third kappa shape index (κ3) is 2.98. The molecule has 9 heteroatoms. The van der Waals surface area contributed by atoms with Crippen molar-refractivity contribution in [2.45, 2.75) is 32.9 Å². The van der Waals surface area contributed by atoms with Gasteiger partial charge in [-0.25, -0.2) is 4.79 Å². The second-order valence-corrected chi connectivity index (χ2v) is 5.49. The van der Waals surface area contributed by atoms with Gasteiger partial charge in [0.25, 0.3) is 0 Å². The van der Waals surface area contributed by atoms with Crippen molar-refractivity contribution in [3.05, 3.63) is 36.8 Å². The van der Waals surface area contributed by atoms with Crippen LogP contribution in [0.2, 0.25) is 0 Å². The van der Waals surface area contributed by atoms with Crippen molar-refractivity contribution in [2.24, 2.45) is 0 Å². The fraction of sp³-hybridized carbons (Fsp3) is 0.357. The summed E-state index contributed by atoms with van der Waals surface area (Å²) in [6.45, 7) is 5.93. The van der Waals surface area contributed by atoms with Crippen molar-refractivity contribution < 1.29 is 4.79 Å². The summed E-state index contributed by atoms with van der Waals surface area (Å²) >= 11 is 0. The molecular formula is C14H18N8O. The lowest BCUT2D eigenvalue weighted by atomic mass is 10.3. The summed E-state index contributed by atoms with van der Waals surface area (Å²) in [5.41, 5.74) is 1.17. The minimum atomic E-state index is -0.341. The number of amides is 2. The SMILES string of the molecule is CC(NC(=O)Nc1cccn2cnnc12)c1nncn1C(C)C. The molecule has 0 aromatic carbocycles. The highest BCUT2D eigenvalue weighted by Gasteiger charge is 2.17. The van der Waals surface area contributed by atoms with Gasteiger partial charge in [0.05, 0.1) is 11.7 Å². The average molecular weight is 314 g/mol. The molecule has 0 bridgehead atoms. The number of hydrogen-bond donors (Lipinski definition) is 2. The van der Waals surface area contributed by atoms with E-state index < -0.39 is 0 Å². The van der Waals surface area contributed by atoms with Gasteiger partial charge in [-0.1, -0.05) is 0 Å². The summed E-state index contributed by atoms with van der Waals surface area (Å²) in [4.78, 5) is 12.2. The zero-order chi connectivity index (χ0) is 16.4. The lowest BCUT2D eigenvalue weighted by Gasteiger charge is -2.17. The predicted octanol–water partition coefficient (Wildman–Crippen LogP) is 1.78. The second-order valence-electron chi connectivity index (χ2n) is 5.49. The van der Waals surface area contributed by atoms with E-state index in [1.54, 1.807) is 23.1 Å². The number of hydrogen-bond acceptors (Lipinski definition) is 5. The molecule has 0 fully saturated rings. The molecule has 3 aromatic heterocycles. The van der Waals surface area contributed by atoms with Crippen molar-refractivity contribution in [3.8, 4) is 0 Å². The van der Waals surface area contributed by atoms with Crippen LogP contribution in [-0.2, 0) is 0 Å². The van der Waals surface area contributed by atoms with Crippen LogP contribution in [0.4, 0.5) is 10.5 Å². The van der Waals surface area contributed by atoms with E-state index in [4.69, 9.17) is 0 Å². The molecule has 1 unspecified atom stereocenters. The maximum absolute atomic E-state index is 12.2. The van der Waals surface area contributed by atoms with E-state index in [-0.39, 0.29) is 18.1 Å². The molecule has 9 nitrogen and oxygen atoms in total. The number of carbonyl (C=O) groups excluding carboxylic acids is 1. The normalized spacial score (nSPS) is 12.5. The maximum atomic E-state index is 12.2. The monoisotopic (exact) mass is 314 g/mol. The van der Waals surface area contributed by atoms with E-state index in [0.29, 0.717) is 17.2 Å². The minimum absolute atomic E-state index is 0.219. The number of nitrogens with one attached hydrogen (secondary N) is 2. The number of nitrogens with zero attached hydrogens (tertiary/aromatic N) is 6. The Kier molecular flexibility index (Phi) is 3.92. The van der Waals surface area contributed by atoms with Crippen LogP contribution in [0.15, 0.2) is 31.0 Å². The number of anilines is 1. The molecule has 2 amide bonds. The molecule has 0 radical (unpaired) electrons. The van der Waals surface area contributed by atoms with Crippen molar-refractivity contribution in [1.29, 1.82) is 0 Å². The second kappa shape index (κ2) is 6.03. The van der Waals surface area contributed by atoms with Gasteiger partial charge >= 0.3 is 6.03 Å². The highest BCUT2D eigenvalue weighted by molar-refractivity contribution is 5.93. The lowest BCUT2D eigenvalue weighted by Crippen LogP contribution is -2.33. The van der Waals surface area contributed by atoms with Gasteiger partial charge in [0.2, 0.25) is 0 Å². The molecule has 1 atom stereocenters. The first-order valence-corrected chi connectivity index (χ1v) is 7.31. The Morgan fingerprint density at radius 1 is 1.17 bits per heavy atom. The smallest absolute Gasteiger partial charge is 0.319 e. The van der Waals surface area contributed by atoms with Crippen LogP contribution in [0.5, 0.6) is 0 Å². The third-order valence-corrected chi connectivity index (χ3v) is 3.46. The number of pyridine rings is 1. The number of fused-ring (bicyclic) bond motifs is 1. The summed E-state index contributed by atoms with van der Waals surface area (Å²) in [5, 5.41) is 21.4. The number of carbonyl (C=O) groups is 1. The zero-order valence-electron chi connectivity index (χ0n) is 13.1. The molecule has 23 heavy (non-hydrogen) atoms. The van der Waals surface area contributed by atoms with Gasteiger partial charge in [0.15, 0.2) is 11.5 Å². The number of urea groups is 1. The molecule has 3 heterocycles. The standard InChI is InChI=1S/C14H18N8O/c1-9(2)22-8-16-19-12(22)10(3)17-14(23)18-11-5-4-6-21-7-15-20-13(11)21/h4-10H,1-3H3,(H2,17,18,23). The van der Waals surface area contributed by atoms with E-state index in [9.17, 15) is 4.79 Å². The first-order chi connectivity index (χ1) is 11.1. The first-order valence-electron chi connectivity index (χ1n) is 7.31. The van der Waals surface area contributed by atoms with Crippen LogP contribution in [0.3, 0.4) is 0 Å². The Hall–Kier alpha value is -2.97. The molecule has 0 saturated heterocycles. The van der Waals surface area contributed by atoms with Gasteiger partial charge in [-0.2, -0.15) is 0 Å². The Balaban J connectivity index is 1.72. The van der Waals surface area contributed by atoms with E-state index >= 15 is 0 Å². The van der Waals surface area contributed by atoms with Crippen LogP contribution >= 0.6 is 0 Å². The highest BCUT2D eigenvalue weighted by atomic mass is 16.2. The zero-order valence-corrected chi connectivity index (χ0v) is 13.1. The fourth-order valence-electron chi connectivity index (χ4n) is 2.33. The Bertz CT molecular complexity index is 821. The molecule has 0 spiro atoms. The van der Waals surface area contributed by atoms with Crippen molar-refractivity contribution in [2.75, 3.05) is 5.32 Å². The van der Waals surface area contributed by atoms with Gasteiger partial charge in [-0.3, -0.25) is 4.40 Å². The van der Waals surface area contributed by atoms with Crippen LogP contribution in [0.25, 0.3) is 5.65 Å². The van der Waals surface area contributed by atoms with Crippen molar-refractivity contribution >= 4 is 17.4 Å². The molecule has 3 rings (SSSR count). The molecule has 0 aliphatic carbocycles. The summed E-state index contributed by atoms with van der Waals surface area (Å²) < 4.78 is 3.65. The van der Waals surface area contributed by atoms with E-state index in [1.165, 1.54) is 0 Å². The molecule has 120 valence electrons. The van der Waals surface area contributed by atoms with Crippen molar-refractivity contribution in [1.82, 2.24) is 34.7 Å². The van der Waals surface area contributed by atoms with Gasteiger partial charge in [-0.05, 0) is 32.9 Å².